The van der Waals surface area contributed by atoms with Gasteiger partial charge in [0.2, 0.25) is 0 Å². The fourth-order valence-electron chi connectivity index (χ4n) is 1.39. The van der Waals surface area contributed by atoms with Crippen molar-refractivity contribution in [3.05, 3.63) is 29.6 Å². The predicted molar refractivity (Wildman–Crippen MR) is 56.8 cm³/mol. The van der Waals surface area contributed by atoms with Crippen molar-refractivity contribution in [2.24, 2.45) is 11.7 Å². The van der Waals surface area contributed by atoms with Crippen LogP contribution >= 0.6 is 0 Å². The summed E-state index contributed by atoms with van der Waals surface area (Å²) in [5.74, 6) is -2.02. The summed E-state index contributed by atoms with van der Waals surface area (Å²) in [6.45, 7) is 0.0307. The van der Waals surface area contributed by atoms with Gasteiger partial charge in [0.25, 0.3) is 0 Å². The highest BCUT2D eigenvalue weighted by Gasteiger charge is 2.16. The Morgan fingerprint density at radius 1 is 1.62 bits per heavy atom. The number of benzene rings is 1. The molecule has 1 rings (SSSR count). The summed E-state index contributed by atoms with van der Waals surface area (Å²) in [5.41, 5.74) is 5.91. The van der Waals surface area contributed by atoms with Crippen molar-refractivity contribution in [3.8, 4) is 5.75 Å². The number of carboxylic acids is 1. The van der Waals surface area contributed by atoms with Crippen LogP contribution in [0, 0.1) is 11.7 Å². The van der Waals surface area contributed by atoms with Crippen molar-refractivity contribution in [1.82, 2.24) is 0 Å². The molecule has 0 spiro atoms. The van der Waals surface area contributed by atoms with E-state index in [0.29, 0.717) is 5.56 Å². The zero-order valence-corrected chi connectivity index (χ0v) is 8.94. The molecule has 5 heteroatoms. The molecule has 88 valence electrons. The third-order valence-electron chi connectivity index (χ3n) is 2.33. The number of rotatable bonds is 5. The molecular formula is C11H14FNO3. The quantitative estimate of drug-likeness (QED) is 0.788. The van der Waals surface area contributed by atoms with Gasteiger partial charge in [-0.1, -0.05) is 6.07 Å². The largest absolute Gasteiger partial charge is 0.494 e. The molecule has 0 heterocycles. The molecule has 0 bridgehead atoms. The van der Waals surface area contributed by atoms with E-state index in [9.17, 15) is 9.18 Å². The second-order valence-electron chi connectivity index (χ2n) is 3.44. The van der Waals surface area contributed by atoms with Crippen molar-refractivity contribution in [2.75, 3.05) is 13.7 Å². The number of hydrogen-bond donors (Lipinski definition) is 2. The van der Waals surface area contributed by atoms with Crippen LogP contribution in [0.25, 0.3) is 0 Å². The van der Waals surface area contributed by atoms with Gasteiger partial charge in [-0.15, -0.1) is 0 Å². The van der Waals surface area contributed by atoms with Crippen LogP contribution in [0.15, 0.2) is 18.2 Å². The van der Waals surface area contributed by atoms with E-state index in [4.69, 9.17) is 15.6 Å². The van der Waals surface area contributed by atoms with Crippen molar-refractivity contribution in [3.63, 3.8) is 0 Å². The molecular weight excluding hydrogens is 213 g/mol. The Bertz CT molecular complexity index is 381. The first-order valence-electron chi connectivity index (χ1n) is 4.83. The molecule has 1 atom stereocenters. The number of carbonyl (C=O) groups is 1. The van der Waals surface area contributed by atoms with Crippen LogP contribution in [0.4, 0.5) is 4.39 Å². The number of methoxy groups -OCH3 is 1. The minimum Gasteiger partial charge on any atom is -0.494 e. The number of ether oxygens (including phenoxy) is 1. The first-order valence-corrected chi connectivity index (χ1v) is 4.83. The van der Waals surface area contributed by atoms with E-state index >= 15 is 0 Å². The highest BCUT2D eigenvalue weighted by atomic mass is 19.1. The van der Waals surface area contributed by atoms with Gasteiger partial charge in [-0.05, 0) is 24.1 Å². The zero-order chi connectivity index (χ0) is 12.1. The lowest BCUT2D eigenvalue weighted by Gasteiger charge is -2.10. The lowest BCUT2D eigenvalue weighted by molar-refractivity contribution is -0.141. The molecule has 0 aliphatic heterocycles. The van der Waals surface area contributed by atoms with Gasteiger partial charge in [0.05, 0.1) is 13.0 Å². The van der Waals surface area contributed by atoms with E-state index in [-0.39, 0.29) is 18.7 Å². The maximum atomic E-state index is 13.3. The van der Waals surface area contributed by atoms with Gasteiger partial charge < -0.3 is 15.6 Å². The second-order valence-corrected chi connectivity index (χ2v) is 3.44. The maximum Gasteiger partial charge on any atom is 0.308 e. The van der Waals surface area contributed by atoms with Gasteiger partial charge >= 0.3 is 5.97 Å². The Balaban J connectivity index is 2.81. The number of hydrogen-bond acceptors (Lipinski definition) is 3. The van der Waals surface area contributed by atoms with Crippen LogP contribution in [0.5, 0.6) is 5.75 Å². The van der Waals surface area contributed by atoms with Crippen LogP contribution in [-0.4, -0.2) is 24.7 Å². The molecule has 0 aromatic heterocycles. The minimum atomic E-state index is -0.973. The first-order chi connectivity index (χ1) is 7.58. The van der Waals surface area contributed by atoms with Gasteiger partial charge in [-0.2, -0.15) is 0 Å². The highest BCUT2D eigenvalue weighted by Crippen LogP contribution is 2.19. The van der Waals surface area contributed by atoms with E-state index in [1.165, 1.54) is 19.2 Å². The summed E-state index contributed by atoms with van der Waals surface area (Å²) in [4.78, 5) is 10.7. The molecule has 16 heavy (non-hydrogen) atoms. The predicted octanol–water partition coefficient (Wildman–Crippen LogP) is 1.04. The average molecular weight is 227 g/mol. The number of halogens is 1. The summed E-state index contributed by atoms with van der Waals surface area (Å²) in [6, 6.07) is 4.37. The third-order valence-corrected chi connectivity index (χ3v) is 2.33. The average Bonchev–Trinajstić information content (AvgIpc) is 2.25. The van der Waals surface area contributed by atoms with Gasteiger partial charge in [0, 0.05) is 6.54 Å². The normalized spacial score (nSPS) is 12.2. The molecule has 1 unspecified atom stereocenters. The van der Waals surface area contributed by atoms with Crippen LogP contribution < -0.4 is 10.5 Å². The summed E-state index contributed by atoms with van der Waals surface area (Å²) in [6.07, 6.45) is 0.215. The summed E-state index contributed by atoms with van der Waals surface area (Å²) in [5, 5.41) is 8.81. The molecule has 0 aliphatic rings. The summed E-state index contributed by atoms with van der Waals surface area (Å²) >= 11 is 0. The van der Waals surface area contributed by atoms with Gasteiger partial charge in [0.1, 0.15) is 0 Å². The van der Waals surface area contributed by atoms with Crippen molar-refractivity contribution < 1.29 is 19.0 Å². The smallest absolute Gasteiger partial charge is 0.308 e. The minimum absolute atomic E-state index is 0.0307. The highest BCUT2D eigenvalue weighted by molar-refractivity contribution is 5.70. The van der Waals surface area contributed by atoms with E-state index in [1.54, 1.807) is 6.07 Å². The molecule has 0 amide bonds. The monoisotopic (exact) mass is 227 g/mol. The van der Waals surface area contributed by atoms with Crippen molar-refractivity contribution in [2.45, 2.75) is 6.42 Å². The van der Waals surface area contributed by atoms with E-state index in [1.807, 2.05) is 0 Å². The van der Waals surface area contributed by atoms with Crippen LogP contribution in [0.1, 0.15) is 5.56 Å². The fourth-order valence-corrected chi connectivity index (χ4v) is 1.39. The van der Waals surface area contributed by atoms with Gasteiger partial charge in [0.15, 0.2) is 11.6 Å². The lowest BCUT2D eigenvalue weighted by Crippen LogP contribution is -2.25. The molecule has 0 aliphatic carbocycles. The Hall–Kier alpha value is -1.62. The van der Waals surface area contributed by atoms with Crippen molar-refractivity contribution >= 4 is 5.97 Å². The fraction of sp³-hybridized carbons (Fsp3) is 0.364. The first kappa shape index (κ1) is 12.4. The van der Waals surface area contributed by atoms with E-state index < -0.39 is 17.7 Å². The Labute approximate surface area is 92.8 Å². The second kappa shape index (κ2) is 5.46. The topological polar surface area (TPSA) is 72.5 Å². The Morgan fingerprint density at radius 3 is 2.75 bits per heavy atom. The van der Waals surface area contributed by atoms with Gasteiger partial charge in [-0.3, -0.25) is 4.79 Å². The summed E-state index contributed by atoms with van der Waals surface area (Å²) < 4.78 is 18.1. The van der Waals surface area contributed by atoms with Crippen LogP contribution in [-0.2, 0) is 11.2 Å². The molecule has 0 radical (unpaired) electrons. The Morgan fingerprint density at radius 2 is 2.31 bits per heavy atom. The zero-order valence-electron chi connectivity index (χ0n) is 8.94. The standard InChI is InChI=1S/C11H14FNO3/c1-16-10-3-2-7(5-9(10)12)4-8(6-13)11(14)15/h2-3,5,8H,4,6,13H2,1H3,(H,14,15). The maximum absolute atomic E-state index is 13.3. The number of aliphatic carboxylic acids is 1. The molecule has 4 nitrogen and oxygen atoms in total. The number of carboxylic acid groups (broad SMARTS) is 1. The van der Waals surface area contributed by atoms with Gasteiger partial charge in [-0.25, -0.2) is 4.39 Å². The molecule has 1 aromatic carbocycles. The van der Waals surface area contributed by atoms with Crippen LogP contribution in [0.2, 0.25) is 0 Å². The van der Waals surface area contributed by atoms with Crippen molar-refractivity contribution in [1.29, 1.82) is 0 Å². The van der Waals surface area contributed by atoms with E-state index in [2.05, 4.69) is 0 Å². The number of nitrogens with two attached hydrogens (primary N) is 1. The van der Waals surface area contributed by atoms with Crippen LogP contribution in [0.3, 0.4) is 0 Å². The molecule has 0 fully saturated rings. The van der Waals surface area contributed by atoms with E-state index in [0.717, 1.165) is 0 Å². The molecule has 3 N–H and O–H groups in total. The SMILES string of the molecule is COc1ccc(CC(CN)C(=O)O)cc1F. The molecule has 1 aromatic rings. The lowest BCUT2D eigenvalue weighted by atomic mass is 9.99. The Kier molecular flexibility index (Phi) is 4.25. The molecule has 0 saturated carbocycles. The molecule has 0 saturated heterocycles. The summed E-state index contributed by atoms with van der Waals surface area (Å²) in [7, 11) is 1.37. The third kappa shape index (κ3) is 2.93.